The van der Waals surface area contributed by atoms with Crippen LogP contribution >= 0.6 is 0 Å². The summed E-state index contributed by atoms with van der Waals surface area (Å²) < 4.78 is 0. The Labute approximate surface area is 74.2 Å². The van der Waals surface area contributed by atoms with Crippen LogP contribution in [0.3, 0.4) is 0 Å². The molecule has 0 saturated heterocycles. The van der Waals surface area contributed by atoms with Crippen molar-refractivity contribution in [2.75, 3.05) is 0 Å². The first kappa shape index (κ1) is 8.79. The molecule has 0 aliphatic carbocycles. The molecule has 0 aliphatic rings. The van der Waals surface area contributed by atoms with Gasteiger partial charge in [-0.15, -0.1) is 0 Å². The molecule has 0 spiro atoms. The molecule has 0 aliphatic heterocycles. The molecule has 0 heterocycles. The maximum absolute atomic E-state index is 3.77. The molecule has 0 aromatic heterocycles. The molecule has 0 amide bonds. The second-order valence-corrected chi connectivity index (χ2v) is 3.05. The van der Waals surface area contributed by atoms with Crippen LogP contribution in [0.4, 0.5) is 0 Å². The third-order valence-electron chi connectivity index (χ3n) is 1.66. The van der Waals surface area contributed by atoms with Gasteiger partial charge in [0.1, 0.15) is 0 Å². The van der Waals surface area contributed by atoms with Crippen molar-refractivity contribution in [3.8, 4) is 0 Å². The fourth-order valence-electron chi connectivity index (χ4n) is 1.14. The minimum Gasteiger partial charge on any atom is -0.0984 e. The van der Waals surface area contributed by atoms with Crippen molar-refractivity contribution in [1.29, 1.82) is 0 Å². The summed E-state index contributed by atoms with van der Waals surface area (Å²) >= 11 is 0. The van der Waals surface area contributed by atoms with Gasteiger partial charge in [-0.3, -0.25) is 0 Å². The molecule has 0 N–H and O–H groups in total. The second kappa shape index (κ2) is 3.91. The van der Waals surface area contributed by atoms with E-state index in [9.17, 15) is 0 Å². The Hall–Kier alpha value is -1.30. The molecule has 0 radical (unpaired) electrons. The number of rotatable bonds is 2. The number of hydrogen-bond acceptors (Lipinski definition) is 0. The van der Waals surface area contributed by atoms with Crippen molar-refractivity contribution >= 4 is 12.2 Å². The van der Waals surface area contributed by atoms with Gasteiger partial charge in [0.05, 0.1) is 0 Å². The van der Waals surface area contributed by atoms with E-state index in [1.54, 1.807) is 0 Å². The molecular formula is C12H14. The Kier molecular flexibility index (Phi) is 2.87. The van der Waals surface area contributed by atoms with Gasteiger partial charge in [0.15, 0.2) is 0 Å². The summed E-state index contributed by atoms with van der Waals surface area (Å²) in [6.45, 7) is 7.96. The van der Waals surface area contributed by atoms with Gasteiger partial charge >= 0.3 is 0 Å². The Morgan fingerprint density at radius 3 is 2.25 bits per heavy atom. The zero-order valence-corrected chi connectivity index (χ0v) is 7.67. The summed E-state index contributed by atoms with van der Waals surface area (Å²) in [5.74, 6) is 0. The zero-order chi connectivity index (χ0) is 8.97. The van der Waals surface area contributed by atoms with Gasteiger partial charge in [0.25, 0.3) is 0 Å². The first-order valence-electron chi connectivity index (χ1n) is 4.10. The van der Waals surface area contributed by atoms with Crippen LogP contribution in [0.25, 0.3) is 12.2 Å². The number of allylic oxidation sites excluding steroid dienone is 1. The highest BCUT2D eigenvalue weighted by Gasteiger charge is 1.92. The normalized spacial score (nSPS) is 9.17. The fourth-order valence-corrected chi connectivity index (χ4v) is 1.14. The Morgan fingerprint density at radius 2 is 1.75 bits per heavy atom. The largest absolute Gasteiger partial charge is 0.0984 e. The van der Waals surface area contributed by atoms with E-state index >= 15 is 0 Å². The smallest absolute Gasteiger partial charge is 0.0185 e. The molecule has 0 atom stereocenters. The molecule has 0 unspecified atom stereocenters. The minimum atomic E-state index is 1.19. The van der Waals surface area contributed by atoms with E-state index in [0.717, 1.165) is 0 Å². The molecule has 0 fully saturated rings. The van der Waals surface area contributed by atoms with E-state index < -0.39 is 0 Å². The first-order valence-corrected chi connectivity index (χ1v) is 4.10. The molecule has 62 valence electrons. The maximum Gasteiger partial charge on any atom is -0.0185 e. The summed E-state index contributed by atoms with van der Waals surface area (Å²) in [4.78, 5) is 0. The second-order valence-electron chi connectivity index (χ2n) is 3.05. The Bertz CT molecular complexity index is 302. The minimum absolute atomic E-state index is 1.19. The van der Waals surface area contributed by atoms with Crippen LogP contribution in [0.5, 0.6) is 0 Å². The summed E-state index contributed by atoms with van der Waals surface area (Å²) in [6, 6.07) is 8.24. The highest BCUT2D eigenvalue weighted by molar-refractivity contribution is 5.65. The van der Waals surface area contributed by atoms with Gasteiger partial charge in [-0.1, -0.05) is 48.6 Å². The average molecular weight is 158 g/mol. The SMILES string of the molecule is C=Cc1ccccc1C=C(C)C. The molecule has 0 nitrogen and oxygen atoms in total. The summed E-state index contributed by atoms with van der Waals surface area (Å²) in [5, 5.41) is 0. The van der Waals surface area contributed by atoms with Crippen LogP contribution in [0.15, 0.2) is 36.4 Å². The lowest BCUT2D eigenvalue weighted by molar-refractivity contribution is 1.42. The monoisotopic (exact) mass is 158 g/mol. The third kappa shape index (κ3) is 2.09. The molecule has 12 heavy (non-hydrogen) atoms. The predicted molar refractivity (Wildman–Crippen MR) is 55.9 cm³/mol. The van der Waals surface area contributed by atoms with Crippen molar-refractivity contribution in [3.05, 3.63) is 47.5 Å². The molecule has 0 bridgehead atoms. The van der Waals surface area contributed by atoms with Crippen LogP contribution in [0.1, 0.15) is 25.0 Å². The van der Waals surface area contributed by atoms with Crippen LogP contribution in [0.2, 0.25) is 0 Å². The van der Waals surface area contributed by atoms with Gasteiger partial charge < -0.3 is 0 Å². The predicted octanol–water partition coefficient (Wildman–Crippen LogP) is 3.75. The van der Waals surface area contributed by atoms with Crippen molar-refractivity contribution < 1.29 is 0 Å². The summed E-state index contributed by atoms with van der Waals surface area (Å²) in [6.07, 6.45) is 4.05. The van der Waals surface area contributed by atoms with E-state index in [2.05, 4.69) is 38.6 Å². The van der Waals surface area contributed by atoms with Crippen LogP contribution < -0.4 is 0 Å². The standard InChI is InChI=1S/C12H14/c1-4-11-7-5-6-8-12(11)9-10(2)3/h4-9H,1H2,2-3H3. The van der Waals surface area contributed by atoms with Crippen LogP contribution in [-0.4, -0.2) is 0 Å². The van der Waals surface area contributed by atoms with Crippen molar-refractivity contribution in [2.24, 2.45) is 0 Å². The van der Waals surface area contributed by atoms with Gasteiger partial charge in [0, 0.05) is 0 Å². The van der Waals surface area contributed by atoms with E-state index in [0.29, 0.717) is 0 Å². The molecular weight excluding hydrogens is 144 g/mol. The lowest BCUT2D eigenvalue weighted by Gasteiger charge is -1.99. The first-order chi connectivity index (χ1) is 5.74. The average Bonchev–Trinajstić information content (AvgIpc) is 2.04. The van der Waals surface area contributed by atoms with Gasteiger partial charge in [-0.05, 0) is 25.0 Å². The quantitative estimate of drug-likeness (QED) is 0.615. The lowest BCUT2D eigenvalue weighted by Crippen LogP contribution is -1.79. The van der Waals surface area contributed by atoms with Gasteiger partial charge in [0.2, 0.25) is 0 Å². The summed E-state index contributed by atoms with van der Waals surface area (Å²) in [7, 11) is 0. The molecule has 1 aromatic rings. The van der Waals surface area contributed by atoms with E-state index in [1.165, 1.54) is 16.7 Å². The molecule has 1 rings (SSSR count). The Balaban J connectivity index is 3.14. The zero-order valence-electron chi connectivity index (χ0n) is 7.67. The highest BCUT2D eigenvalue weighted by atomic mass is 14.0. The summed E-state index contributed by atoms with van der Waals surface area (Å²) in [5.41, 5.74) is 3.75. The van der Waals surface area contributed by atoms with Crippen LogP contribution in [0, 0.1) is 0 Å². The third-order valence-corrected chi connectivity index (χ3v) is 1.66. The van der Waals surface area contributed by atoms with Crippen LogP contribution in [-0.2, 0) is 0 Å². The van der Waals surface area contributed by atoms with Gasteiger partial charge in [-0.25, -0.2) is 0 Å². The van der Waals surface area contributed by atoms with E-state index in [-0.39, 0.29) is 0 Å². The maximum atomic E-state index is 3.77. The highest BCUT2D eigenvalue weighted by Crippen LogP contribution is 2.13. The van der Waals surface area contributed by atoms with Gasteiger partial charge in [-0.2, -0.15) is 0 Å². The topological polar surface area (TPSA) is 0 Å². The molecule has 0 heteroatoms. The van der Waals surface area contributed by atoms with Crippen molar-refractivity contribution in [2.45, 2.75) is 13.8 Å². The van der Waals surface area contributed by atoms with Crippen molar-refractivity contribution in [3.63, 3.8) is 0 Å². The van der Waals surface area contributed by atoms with E-state index in [1.807, 2.05) is 18.2 Å². The number of benzene rings is 1. The molecule has 1 aromatic carbocycles. The molecule has 0 saturated carbocycles. The lowest BCUT2D eigenvalue weighted by atomic mass is 10.1. The number of hydrogen-bond donors (Lipinski definition) is 0. The van der Waals surface area contributed by atoms with E-state index in [4.69, 9.17) is 0 Å². The Morgan fingerprint density at radius 1 is 1.17 bits per heavy atom. The van der Waals surface area contributed by atoms with Crippen molar-refractivity contribution in [1.82, 2.24) is 0 Å². The fraction of sp³-hybridized carbons (Fsp3) is 0.167.